The van der Waals surface area contributed by atoms with E-state index in [1.54, 1.807) is 19.0 Å². The molecule has 18 heavy (non-hydrogen) atoms. The molecule has 0 aromatic rings. The molecule has 1 saturated heterocycles. The van der Waals surface area contributed by atoms with Gasteiger partial charge in [-0.1, -0.05) is 6.92 Å². The number of carbonyl (C=O) groups is 2. The average Bonchev–Trinajstić information content (AvgIpc) is 2.80. The molecule has 6 heteroatoms. The number of nitrogens with one attached hydrogen (secondary N) is 1. The maximum Gasteiger partial charge on any atom is 0.241 e. The first-order chi connectivity index (χ1) is 8.06. The van der Waals surface area contributed by atoms with Crippen LogP contribution in [0.2, 0.25) is 0 Å². The van der Waals surface area contributed by atoms with Gasteiger partial charge >= 0.3 is 0 Å². The van der Waals surface area contributed by atoms with Gasteiger partial charge < -0.3 is 15.1 Å². The van der Waals surface area contributed by atoms with Crippen molar-refractivity contribution in [1.82, 2.24) is 15.1 Å². The Balaban J connectivity index is 0.00000289. The zero-order valence-electron chi connectivity index (χ0n) is 11.4. The Kier molecular flexibility index (Phi) is 7.95. The predicted octanol–water partition coefficient (Wildman–Crippen LogP) is 0.345. The van der Waals surface area contributed by atoms with Gasteiger partial charge in [-0.25, -0.2) is 0 Å². The second-order valence-electron chi connectivity index (χ2n) is 4.74. The lowest BCUT2D eigenvalue weighted by atomic mass is 10.1. The van der Waals surface area contributed by atoms with E-state index in [0.717, 1.165) is 25.9 Å². The molecule has 0 radical (unpaired) electrons. The normalized spacial score (nSPS) is 18.1. The van der Waals surface area contributed by atoms with Crippen molar-refractivity contribution >= 4 is 24.2 Å². The summed E-state index contributed by atoms with van der Waals surface area (Å²) in [6.45, 7) is 4.53. The number of rotatable bonds is 5. The first kappa shape index (κ1) is 17.2. The molecule has 1 aliphatic heterocycles. The highest BCUT2D eigenvalue weighted by atomic mass is 35.5. The Bertz CT molecular complexity index is 278. The van der Waals surface area contributed by atoms with E-state index in [1.807, 2.05) is 6.92 Å². The van der Waals surface area contributed by atoms with Crippen molar-refractivity contribution in [3.05, 3.63) is 0 Å². The fourth-order valence-corrected chi connectivity index (χ4v) is 1.97. The van der Waals surface area contributed by atoms with E-state index >= 15 is 0 Å². The molecule has 0 spiro atoms. The number of carbonyl (C=O) groups excluding carboxylic acids is 2. The zero-order chi connectivity index (χ0) is 12.8. The SMILES string of the molecule is CCCN(CC(=O)N(C)C)C(=O)C1CCNC1.Cl. The van der Waals surface area contributed by atoms with Crippen molar-refractivity contribution in [2.24, 2.45) is 5.92 Å². The molecule has 2 amide bonds. The van der Waals surface area contributed by atoms with E-state index in [2.05, 4.69) is 5.32 Å². The maximum absolute atomic E-state index is 12.2. The fourth-order valence-electron chi connectivity index (χ4n) is 1.97. The topological polar surface area (TPSA) is 52.7 Å². The van der Waals surface area contributed by atoms with Gasteiger partial charge in [-0.3, -0.25) is 9.59 Å². The van der Waals surface area contributed by atoms with Crippen LogP contribution < -0.4 is 5.32 Å². The van der Waals surface area contributed by atoms with Crippen LogP contribution >= 0.6 is 12.4 Å². The van der Waals surface area contributed by atoms with Crippen LogP contribution in [0, 0.1) is 5.92 Å². The molecule has 1 unspecified atom stereocenters. The summed E-state index contributed by atoms with van der Waals surface area (Å²) in [6.07, 6.45) is 1.77. The third kappa shape index (κ3) is 4.82. The van der Waals surface area contributed by atoms with Gasteiger partial charge in [0.05, 0.1) is 12.5 Å². The molecule has 1 heterocycles. The van der Waals surface area contributed by atoms with Gasteiger partial charge in [0.1, 0.15) is 0 Å². The highest BCUT2D eigenvalue weighted by Gasteiger charge is 2.27. The summed E-state index contributed by atoms with van der Waals surface area (Å²) >= 11 is 0. The molecule has 5 nitrogen and oxygen atoms in total. The molecule has 0 aliphatic carbocycles. The second-order valence-corrected chi connectivity index (χ2v) is 4.74. The van der Waals surface area contributed by atoms with Crippen LogP contribution in [0.1, 0.15) is 19.8 Å². The van der Waals surface area contributed by atoms with Crippen LogP contribution in [-0.2, 0) is 9.59 Å². The van der Waals surface area contributed by atoms with Gasteiger partial charge in [0, 0.05) is 27.2 Å². The van der Waals surface area contributed by atoms with Gasteiger partial charge in [0.15, 0.2) is 0 Å². The Morgan fingerprint density at radius 2 is 2.00 bits per heavy atom. The number of hydrogen-bond acceptors (Lipinski definition) is 3. The van der Waals surface area contributed by atoms with Crippen LogP contribution in [-0.4, -0.2) is 61.9 Å². The van der Waals surface area contributed by atoms with Crippen LogP contribution in [0.3, 0.4) is 0 Å². The lowest BCUT2D eigenvalue weighted by Crippen LogP contribution is -2.43. The van der Waals surface area contributed by atoms with Gasteiger partial charge in [0.2, 0.25) is 11.8 Å². The molecule has 1 N–H and O–H groups in total. The lowest BCUT2D eigenvalue weighted by Gasteiger charge is -2.25. The number of amides is 2. The summed E-state index contributed by atoms with van der Waals surface area (Å²) < 4.78 is 0. The summed E-state index contributed by atoms with van der Waals surface area (Å²) in [4.78, 5) is 27.1. The van der Waals surface area contributed by atoms with Crippen molar-refractivity contribution in [3.63, 3.8) is 0 Å². The summed E-state index contributed by atoms with van der Waals surface area (Å²) in [7, 11) is 3.43. The minimum atomic E-state index is -0.0160. The summed E-state index contributed by atoms with van der Waals surface area (Å²) in [6, 6.07) is 0. The van der Waals surface area contributed by atoms with Crippen molar-refractivity contribution < 1.29 is 9.59 Å². The minimum absolute atomic E-state index is 0. The average molecular weight is 278 g/mol. The third-order valence-electron chi connectivity index (χ3n) is 3.04. The van der Waals surface area contributed by atoms with Gasteiger partial charge in [0.25, 0.3) is 0 Å². The zero-order valence-corrected chi connectivity index (χ0v) is 12.3. The molecule has 0 aromatic carbocycles. The van der Waals surface area contributed by atoms with Crippen LogP contribution in [0.15, 0.2) is 0 Å². The molecule has 0 bridgehead atoms. The van der Waals surface area contributed by atoms with Crippen molar-refractivity contribution in [3.8, 4) is 0 Å². The number of nitrogens with zero attached hydrogens (tertiary/aromatic N) is 2. The fraction of sp³-hybridized carbons (Fsp3) is 0.833. The highest BCUT2D eigenvalue weighted by molar-refractivity contribution is 5.86. The standard InChI is InChI=1S/C12H23N3O2.ClH/c1-4-7-15(9-11(16)14(2)3)12(17)10-5-6-13-8-10;/h10,13H,4-9H2,1-3H3;1H. The minimum Gasteiger partial charge on any atom is -0.347 e. The first-order valence-electron chi connectivity index (χ1n) is 6.26. The molecule has 1 rings (SSSR count). The summed E-state index contributed by atoms with van der Waals surface area (Å²) in [5.74, 6) is 0.154. The van der Waals surface area contributed by atoms with Crippen molar-refractivity contribution in [2.45, 2.75) is 19.8 Å². The molecule has 0 aromatic heterocycles. The van der Waals surface area contributed by atoms with Gasteiger partial charge in [-0.05, 0) is 19.4 Å². The first-order valence-corrected chi connectivity index (χ1v) is 6.26. The Morgan fingerprint density at radius 1 is 1.33 bits per heavy atom. The number of hydrogen-bond donors (Lipinski definition) is 1. The summed E-state index contributed by atoms with van der Waals surface area (Å²) in [5.41, 5.74) is 0. The van der Waals surface area contributed by atoms with E-state index in [1.165, 1.54) is 4.90 Å². The predicted molar refractivity (Wildman–Crippen MR) is 73.8 cm³/mol. The second kappa shape index (κ2) is 8.32. The van der Waals surface area contributed by atoms with Gasteiger partial charge in [-0.2, -0.15) is 0 Å². The number of likely N-dealkylation sites (N-methyl/N-ethyl adjacent to an activating group) is 1. The smallest absolute Gasteiger partial charge is 0.241 e. The van der Waals surface area contributed by atoms with Crippen LogP contribution in [0.5, 0.6) is 0 Å². The van der Waals surface area contributed by atoms with Crippen molar-refractivity contribution in [2.75, 3.05) is 40.3 Å². The maximum atomic E-state index is 12.2. The quantitative estimate of drug-likeness (QED) is 0.789. The molecule has 106 valence electrons. The van der Waals surface area contributed by atoms with Crippen LogP contribution in [0.25, 0.3) is 0 Å². The largest absolute Gasteiger partial charge is 0.347 e. The molecule has 1 atom stereocenters. The molecule has 0 saturated carbocycles. The molecular formula is C12H24ClN3O2. The highest BCUT2D eigenvalue weighted by Crippen LogP contribution is 2.12. The number of halogens is 1. The monoisotopic (exact) mass is 277 g/mol. The Hall–Kier alpha value is -0.810. The van der Waals surface area contributed by atoms with Crippen LogP contribution in [0.4, 0.5) is 0 Å². The molecule has 1 aliphatic rings. The van der Waals surface area contributed by atoms with E-state index in [9.17, 15) is 9.59 Å². The third-order valence-corrected chi connectivity index (χ3v) is 3.04. The van der Waals surface area contributed by atoms with E-state index in [4.69, 9.17) is 0 Å². The Morgan fingerprint density at radius 3 is 2.44 bits per heavy atom. The van der Waals surface area contributed by atoms with E-state index in [-0.39, 0.29) is 36.7 Å². The van der Waals surface area contributed by atoms with Gasteiger partial charge in [-0.15, -0.1) is 12.4 Å². The summed E-state index contributed by atoms with van der Waals surface area (Å²) in [5, 5.41) is 3.18. The Labute approximate surface area is 115 Å². The molecule has 1 fully saturated rings. The van der Waals surface area contributed by atoms with E-state index in [0.29, 0.717) is 6.54 Å². The van der Waals surface area contributed by atoms with Crippen molar-refractivity contribution in [1.29, 1.82) is 0 Å². The lowest BCUT2D eigenvalue weighted by molar-refractivity contribution is -0.141. The van der Waals surface area contributed by atoms with E-state index < -0.39 is 0 Å². The molecular weight excluding hydrogens is 254 g/mol.